The molecule has 0 amide bonds. The molecule has 0 saturated carbocycles. The van der Waals surface area contributed by atoms with Gasteiger partial charge >= 0.3 is 0 Å². The lowest BCUT2D eigenvalue weighted by Gasteiger charge is -2.16. The van der Waals surface area contributed by atoms with Crippen LogP contribution < -0.4 is 0 Å². The summed E-state index contributed by atoms with van der Waals surface area (Å²) < 4.78 is 0. The van der Waals surface area contributed by atoms with E-state index in [9.17, 15) is 0 Å². The van der Waals surface area contributed by atoms with Gasteiger partial charge in [0.25, 0.3) is 0 Å². The molecule has 0 N–H and O–H groups in total. The minimum absolute atomic E-state index is 0.318. The summed E-state index contributed by atoms with van der Waals surface area (Å²) in [7, 11) is 0.671. The molecule has 10 heavy (non-hydrogen) atoms. The first-order chi connectivity index (χ1) is 4.54. The van der Waals surface area contributed by atoms with E-state index in [-0.39, 0.29) is 0 Å². The van der Waals surface area contributed by atoms with Crippen LogP contribution in [-0.2, 0) is 0 Å². The summed E-state index contributed by atoms with van der Waals surface area (Å²) in [6.07, 6.45) is 2.93. The molecule has 0 radical (unpaired) electrons. The Hall–Kier alpha value is 0.860. The van der Waals surface area contributed by atoms with Gasteiger partial charge in [-0.2, -0.15) is 0 Å². The van der Waals surface area contributed by atoms with Gasteiger partial charge in [-0.25, -0.2) is 0 Å². The summed E-state index contributed by atoms with van der Waals surface area (Å²) in [4.78, 5) is 0. The zero-order valence-corrected chi connectivity index (χ0v) is 9.67. The van der Waals surface area contributed by atoms with E-state index in [1.54, 1.807) is 0 Å². The van der Waals surface area contributed by atoms with E-state index >= 15 is 0 Å². The Morgan fingerprint density at radius 2 is 1.60 bits per heavy atom. The molecule has 0 fully saturated rings. The van der Waals surface area contributed by atoms with Gasteiger partial charge in [-0.05, 0) is 44.9 Å². The predicted octanol–water partition coefficient (Wildman–Crippen LogP) is 3.25. The van der Waals surface area contributed by atoms with Gasteiger partial charge in [0.2, 0.25) is 0 Å². The Kier molecular flexibility index (Phi) is 5.98. The van der Waals surface area contributed by atoms with Crippen molar-refractivity contribution in [3.05, 3.63) is 0 Å². The molecule has 0 saturated heterocycles. The van der Waals surface area contributed by atoms with Crippen LogP contribution in [0.15, 0.2) is 0 Å². The number of rotatable bonds is 4. The van der Waals surface area contributed by atoms with Crippen LogP contribution in [0.2, 0.25) is 0 Å². The Labute approximate surface area is 68.3 Å². The van der Waals surface area contributed by atoms with Gasteiger partial charge in [0, 0.05) is 0 Å². The summed E-state index contributed by atoms with van der Waals surface area (Å²) in [5.41, 5.74) is 0.986. The zero-order chi connectivity index (χ0) is 8.15. The average Bonchev–Trinajstić information content (AvgIpc) is 1.82. The number of hydrogen-bond donors (Lipinski definition) is 0. The summed E-state index contributed by atoms with van der Waals surface area (Å²) in [5.74, 6) is 0. The van der Waals surface area contributed by atoms with E-state index in [4.69, 9.17) is 0 Å². The van der Waals surface area contributed by atoms with Crippen LogP contribution in [0.1, 0.15) is 13.3 Å². The molecule has 2 heteroatoms. The Bertz CT molecular complexity index is 79.3. The van der Waals surface area contributed by atoms with Crippen LogP contribution in [0.5, 0.6) is 0 Å². The maximum absolute atomic E-state index is 2.39. The van der Waals surface area contributed by atoms with Gasteiger partial charge in [-0.1, -0.05) is 6.92 Å². The van der Waals surface area contributed by atoms with Gasteiger partial charge in [0.15, 0.2) is 0 Å². The fourth-order valence-electron chi connectivity index (χ4n) is 0.703. The van der Waals surface area contributed by atoms with Crippen molar-refractivity contribution in [1.82, 2.24) is 0 Å². The van der Waals surface area contributed by atoms with Gasteiger partial charge in [-0.15, -0.1) is 15.8 Å². The summed E-state index contributed by atoms with van der Waals surface area (Å²) in [6.45, 7) is 11.9. The lowest BCUT2D eigenvalue weighted by Crippen LogP contribution is -2.00. The zero-order valence-electron chi connectivity index (χ0n) is 7.89. The quantitative estimate of drug-likeness (QED) is 0.580. The molecular weight excluding hydrogens is 158 g/mol. The maximum atomic E-state index is 2.39. The first-order valence-electron chi connectivity index (χ1n) is 3.85. The summed E-state index contributed by atoms with van der Waals surface area (Å²) >= 11 is 0. The molecule has 1 unspecified atom stereocenters. The molecular formula is C8H20P2. The molecule has 0 aromatic rings. The van der Waals surface area contributed by atoms with Gasteiger partial charge in [0.05, 0.1) is 0 Å². The van der Waals surface area contributed by atoms with Crippen LogP contribution >= 0.6 is 15.8 Å². The van der Waals surface area contributed by atoms with Crippen LogP contribution in [0, 0.1) is 0 Å². The second kappa shape index (κ2) is 5.50. The third-order valence-electron chi connectivity index (χ3n) is 1.88. The van der Waals surface area contributed by atoms with Crippen molar-refractivity contribution < 1.29 is 0 Å². The van der Waals surface area contributed by atoms with Crippen LogP contribution in [0.4, 0.5) is 0 Å². The minimum Gasteiger partial charge on any atom is -0.113 e. The van der Waals surface area contributed by atoms with Crippen molar-refractivity contribution >= 4 is 15.8 Å². The smallest absolute Gasteiger partial charge is 0.0239 e. The minimum atomic E-state index is 0.318. The lowest BCUT2D eigenvalue weighted by atomic mass is 10.4. The summed E-state index contributed by atoms with van der Waals surface area (Å²) in [5, 5.41) is 0. The van der Waals surface area contributed by atoms with Crippen LogP contribution in [0.25, 0.3) is 0 Å². The van der Waals surface area contributed by atoms with E-state index in [1.807, 2.05) is 0 Å². The molecule has 62 valence electrons. The highest BCUT2D eigenvalue weighted by molar-refractivity contribution is 7.57. The first kappa shape index (κ1) is 10.9. The predicted molar refractivity (Wildman–Crippen MR) is 56.5 cm³/mol. The van der Waals surface area contributed by atoms with Gasteiger partial charge < -0.3 is 0 Å². The molecule has 0 aliphatic rings. The van der Waals surface area contributed by atoms with E-state index in [2.05, 4.69) is 33.6 Å². The fraction of sp³-hybridized carbons (Fsp3) is 1.00. The number of hydrogen-bond acceptors (Lipinski definition) is 0. The summed E-state index contributed by atoms with van der Waals surface area (Å²) in [6, 6.07) is 0. The normalized spacial score (nSPS) is 14.7. The molecule has 0 aromatic carbocycles. The van der Waals surface area contributed by atoms with E-state index in [0.717, 1.165) is 5.66 Å². The van der Waals surface area contributed by atoms with Gasteiger partial charge in [0.1, 0.15) is 0 Å². The molecule has 0 heterocycles. The van der Waals surface area contributed by atoms with Crippen molar-refractivity contribution in [3.63, 3.8) is 0 Å². The second-order valence-corrected chi connectivity index (χ2v) is 8.82. The Morgan fingerprint density at radius 3 is 1.90 bits per heavy atom. The fourth-order valence-corrected chi connectivity index (χ4v) is 2.46. The molecule has 0 aliphatic heterocycles. The SMILES string of the molecule is CC(CCP(C)C)P(C)C. The van der Waals surface area contributed by atoms with Crippen molar-refractivity contribution in [2.75, 3.05) is 32.8 Å². The topological polar surface area (TPSA) is 0 Å². The van der Waals surface area contributed by atoms with Crippen LogP contribution in [0.3, 0.4) is 0 Å². The van der Waals surface area contributed by atoms with E-state index in [0.29, 0.717) is 15.8 Å². The third kappa shape index (κ3) is 5.63. The van der Waals surface area contributed by atoms with Crippen molar-refractivity contribution in [1.29, 1.82) is 0 Å². The van der Waals surface area contributed by atoms with Crippen LogP contribution in [-0.4, -0.2) is 38.5 Å². The van der Waals surface area contributed by atoms with E-state index in [1.165, 1.54) is 12.6 Å². The highest BCUT2D eigenvalue weighted by Crippen LogP contribution is 2.37. The standard InChI is InChI=1S/C8H20P2/c1-8(10(4)5)6-7-9(2)3/h8H,6-7H2,1-5H3. The highest BCUT2D eigenvalue weighted by Gasteiger charge is 2.06. The van der Waals surface area contributed by atoms with Crippen molar-refractivity contribution in [3.8, 4) is 0 Å². The van der Waals surface area contributed by atoms with Crippen molar-refractivity contribution in [2.24, 2.45) is 0 Å². The Morgan fingerprint density at radius 1 is 1.10 bits per heavy atom. The third-order valence-corrected chi connectivity index (χ3v) is 5.05. The molecule has 0 rings (SSSR count). The molecule has 0 aliphatic carbocycles. The monoisotopic (exact) mass is 178 g/mol. The Balaban J connectivity index is 3.30. The first-order valence-corrected chi connectivity index (χ1v) is 8.58. The lowest BCUT2D eigenvalue weighted by molar-refractivity contribution is 0.901. The highest BCUT2D eigenvalue weighted by atomic mass is 31.1. The largest absolute Gasteiger partial charge is 0.113 e. The van der Waals surface area contributed by atoms with E-state index < -0.39 is 0 Å². The van der Waals surface area contributed by atoms with Crippen molar-refractivity contribution in [2.45, 2.75) is 19.0 Å². The molecule has 0 nitrogen and oxygen atoms in total. The maximum Gasteiger partial charge on any atom is -0.0239 e. The van der Waals surface area contributed by atoms with Gasteiger partial charge in [-0.3, -0.25) is 0 Å². The average molecular weight is 178 g/mol. The molecule has 0 spiro atoms. The second-order valence-electron chi connectivity index (χ2n) is 3.40. The molecule has 1 atom stereocenters. The molecule has 0 bridgehead atoms. The molecule has 0 aromatic heterocycles.